The van der Waals surface area contributed by atoms with E-state index in [1.54, 1.807) is 55.6 Å². The van der Waals surface area contributed by atoms with Gasteiger partial charge in [0.25, 0.3) is 5.91 Å². The lowest BCUT2D eigenvalue weighted by Gasteiger charge is -2.34. The van der Waals surface area contributed by atoms with Gasteiger partial charge < -0.3 is 20.0 Å². The molecule has 1 heterocycles. The molecule has 4 rings (SSSR count). The van der Waals surface area contributed by atoms with E-state index in [2.05, 4.69) is 5.32 Å². The molecule has 0 saturated carbocycles. The highest BCUT2D eigenvalue weighted by Crippen LogP contribution is 2.18. The second kappa shape index (κ2) is 12.9. The van der Waals surface area contributed by atoms with Crippen molar-refractivity contribution in [3.8, 4) is 6.07 Å². The van der Waals surface area contributed by atoms with Crippen molar-refractivity contribution in [3.63, 3.8) is 0 Å². The fraction of sp³-hybridized carbons (Fsp3) is 0.233. The third-order valence-electron chi connectivity index (χ3n) is 6.66. The third-order valence-corrected chi connectivity index (χ3v) is 6.91. The number of piperazine rings is 1. The van der Waals surface area contributed by atoms with E-state index in [9.17, 15) is 19.2 Å². The molecule has 10 heteroatoms. The van der Waals surface area contributed by atoms with Crippen molar-refractivity contribution in [1.82, 2.24) is 15.1 Å². The molecule has 0 aromatic heterocycles. The Morgan fingerprint density at radius 3 is 2.30 bits per heavy atom. The first-order valence-electron chi connectivity index (χ1n) is 12.7. The van der Waals surface area contributed by atoms with Gasteiger partial charge in [0, 0.05) is 42.8 Å². The molecule has 3 aromatic carbocycles. The van der Waals surface area contributed by atoms with E-state index in [1.165, 1.54) is 14.7 Å². The first-order valence-corrected chi connectivity index (χ1v) is 13.1. The van der Waals surface area contributed by atoms with Crippen LogP contribution in [0.3, 0.4) is 0 Å². The molecule has 1 N–H and O–H groups in total. The molecule has 1 saturated heterocycles. The number of carbonyl (C=O) groups excluding carboxylic acids is 4. The Kier molecular flexibility index (Phi) is 9.15. The van der Waals surface area contributed by atoms with Crippen LogP contribution in [-0.4, -0.2) is 72.7 Å². The molecule has 1 atom stereocenters. The van der Waals surface area contributed by atoms with Crippen molar-refractivity contribution in [2.24, 2.45) is 0 Å². The number of halogens is 1. The zero-order valence-corrected chi connectivity index (χ0v) is 22.7. The van der Waals surface area contributed by atoms with Gasteiger partial charge in [-0.2, -0.15) is 5.26 Å². The molecule has 9 nitrogen and oxygen atoms in total. The number of anilines is 1. The van der Waals surface area contributed by atoms with Gasteiger partial charge in [-0.15, -0.1) is 0 Å². The smallest absolute Gasteiger partial charge is 0.254 e. The molecular formula is C30H28ClN5O4. The highest BCUT2D eigenvalue weighted by atomic mass is 35.5. The molecule has 0 unspecified atom stereocenters. The molecule has 0 bridgehead atoms. The molecule has 0 aliphatic carbocycles. The molecule has 0 radical (unpaired) electrons. The average Bonchev–Trinajstić information content (AvgIpc) is 2.97. The number of likely N-dealkylation sites (N-methyl/N-ethyl adjacent to an activating group) is 1. The average molecular weight is 558 g/mol. The molecule has 40 heavy (non-hydrogen) atoms. The summed E-state index contributed by atoms with van der Waals surface area (Å²) in [4.78, 5) is 56.4. The second-order valence-electron chi connectivity index (χ2n) is 9.41. The monoisotopic (exact) mass is 557 g/mol. The number of nitrogens with one attached hydrogen (secondary N) is 1. The Labute approximate surface area is 237 Å². The SMILES string of the molecule is CN(C(=O)[C@H](Cc1ccccc1)NC(=O)CN1CCN(C(=O)c2ccc(C#N)cc2)CC1=O)c1ccc(Cl)cc1. The van der Waals surface area contributed by atoms with Crippen molar-refractivity contribution in [2.45, 2.75) is 12.5 Å². The molecule has 1 aliphatic heterocycles. The van der Waals surface area contributed by atoms with Crippen molar-refractivity contribution < 1.29 is 19.2 Å². The number of nitriles is 1. The minimum Gasteiger partial charge on any atom is -0.342 e. The summed E-state index contributed by atoms with van der Waals surface area (Å²) in [6.07, 6.45) is 0.268. The predicted molar refractivity (Wildman–Crippen MR) is 151 cm³/mol. The van der Waals surface area contributed by atoms with Gasteiger partial charge in [-0.3, -0.25) is 19.2 Å². The van der Waals surface area contributed by atoms with Gasteiger partial charge in [0.15, 0.2) is 0 Å². The number of benzene rings is 3. The normalized spacial score (nSPS) is 13.8. The number of hydrogen-bond donors (Lipinski definition) is 1. The van der Waals surface area contributed by atoms with E-state index < -0.39 is 11.9 Å². The Bertz CT molecular complexity index is 1420. The largest absolute Gasteiger partial charge is 0.342 e. The van der Waals surface area contributed by atoms with Crippen LogP contribution in [0.2, 0.25) is 5.02 Å². The van der Waals surface area contributed by atoms with Gasteiger partial charge in [-0.05, 0) is 54.1 Å². The molecule has 1 fully saturated rings. The van der Waals surface area contributed by atoms with Crippen LogP contribution in [0.15, 0.2) is 78.9 Å². The van der Waals surface area contributed by atoms with E-state index in [0.717, 1.165) is 5.56 Å². The number of nitrogens with zero attached hydrogens (tertiary/aromatic N) is 4. The van der Waals surface area contributed by atoms with Gasteiger partial charge >= 0.3 is 0 Å². The summed E-state index contributed by atoms with van der Waals surface area (Å²) >= 11 is 5.98. The van der Waals surface area contributed by atoms with E-state index in [-0.39, 0.29) is 50.3 Å². The molecule has 204 valence electrons. The minimum atomic E-state index is -0.870. The number of rotatable bonds is 8. The van der Waals surface area contributed by atoms with E-state index in [4.69, 9.17) is 16.9 Å². The minimum absolute atomic E-state index is 0.169. The van der Waals surface area contributed by atoms with Crippen LogP contribution < -0.4 is 10.2 Å². The molecule has 4 amide bonds. The van der Waals surface area contributed by atoms with Crippen LogP contribution in [0.1, 0.15) is 21.5 Å². The lowest BCUT2D eigenvalue weighted by Crippen LogP contribution is -2.56. The van der Waals surface area contributed by atoms with Crippen molar-refractivity contribution in [2.75, 3.05) is 38.1 Å². The maximum Gasteiger partial charge on any atom is 0.254 e. The van der Waals surface area contributed by atoms with Crippen LogP contribution in [0.4, 0.5) is 5.69 Å². The van der Waals surface area contributed by atoms with E-state index >= 15 is 0 Å². The van der Waals surface area contributed by atoms with Crippen LogP contribution in [-0.2, 0) is 20.8 Å². The van der Waals surface area contributed by atoms with Gasteiger partial charge in [0.05, 0.1) is 18.2 Å². The van der Waals surface area contributed by atoms with Crippen LogP contribution in [0.25, 0.3) is 0 Å². The highest BCUT2D eigenvalue weighted by Gasteiger charge is 2.31. The first kappa shape index (κ1) is 28.3. The summed E-state index contributed by atoms with van der Waals surface area (Å²) in [6.45, 7) is 0.0263. The lowest BCUT2D eigenvalue weighted by molar-refractivity contribution is -0.139. The summed E-state index contributed by atoms with van der Waals surface area (Å²) < 4.78 is 0. The van der Waals surface area contributed by atoms with Gasteiger partial charge in [0.2, 0.25) is 17.7 Å². The van der Waals surface area contributed by atoms with E-state index in [1.807, 2.05) is 36.4 Å². The number of amides is 4. The summed E-state index contributed by atoms with van der Waals surface area (Å²) in [5, 5.41) is 12.3. The van der Waals surface area contributed by atoms with Gasteiger partial charge in [0.1, 0.15) is 12.6 Å². The standard InChI is InChI=1S/C30H28ClN5O4/c1-34(25-13-11-24(31)12-14-25)30(40)26(17-21-5-3-2-4-6-21)33-27(37)19-35-15-16-36(20-28(35)38)29(39)23-9-7-22(18-32)8-10-23/h2-14,26H,15-17,19-20H2,1H3,(H,33,37)/t26-/m0/s1. The highest BCUT2D eigenvalue weighted by molar-refractivity contribution is 6.30. The summed E-state index contributed by atoms with van der Waals surface area (Å²) in [7, 11) is 1.63. The van der Waals surface area contributed by atoms with Crippen LogP contribution >= 0.6 is 11.6 Å². The van der Waals surface area contributed by atoms with Crippen molar-refractivity contribution in [1.29, 1.82) is 5.26 Å². The Morgan fingerprint density at radius 2 is 1.68 bits per heavy atom. The van der Waals surface area contributed by atoms with Gasteiger partial charge in [-0.1, -0.05) is 41.9 Å². The molecular weight excluding hydrogens is 530 g/mol. The molecule has 3 aromatic rings. The van der Waals surface area contributed by atoms with Crippen molar-refractivity contribution in [3.05, 3.63) is 101 Å². The third kappa shape index (κ3) is 7.04. The Hall–Kier alpha value is -4.68. The first-order chi connectivity index (χ1) is 19.2. The summed E-state index contributed by atoms with van der Waals surface area (Å²) in [6, 6.07) is 23.5. The zero-order valence-electron chi connectivity index (χ0n) is 21.9. The maximum absolute atomic E-state index is 13.5. The van der Waals surface area contributed by atoms with Crippen molar-refractivity contribution >= 4 is 40.9 Å². The fourth-order valence-electron chi connectivity index (χ4n) is 4.41. The Morgan fingerprint density at radius 1 is 1.00 bits per heavy atom. The van der Waals surface area contributed by atoms with Crippen LogP contribution in [0.5, 0.6) is 0 Å². The molecule has 0 spiro atoms. The number of carbonyl (C=O) groups is 4. The molecule has 1 aliphatic rings. The fourth-order valence-corrected chi connectivity index (χ4v) is 4.53. The van der Waals surface area contributed by atoms with Crippen LogP contribution in [0, 0.1) is 11.3 Å². The number of hydrogen-bond acceptors (Lipinski definition) is 5. The maximum atomic E-state index is 13.5. The zero-order chi connectivity index (χ0) is 28.6. The lowest BCUT2D eigenvalue weighted by atomic mass is 10.0. The Balaban J connectivity index is 1.39. The summed E-state index contributed by atoms with van der Waals surface area (Å²) in [5.41, 5.74) is 2.31. The summed E-state index contributed by atoms with van der Waals surface area (Å²) in [5.74, 6) is -1.48. The van der Waals surface area contributed by atoms with E-state index in [0.29, 0.717) is 21.8 Å². The predicted octanol–water partition coefficient (Wildman–Crippen LogP) is 2.89. The topological polar surface area (TPSA) is 114 Å². The second-order valence-corrected chi connectivity index (χ2v) is 9.85. The van der Waals surface area contributed by atoms with Gasteiger partial charge in [-0.25, -0.2) is 0 Å². The quantitative estimate of drug-likeness (QED) is 0.457.